The highest BCUT2D eigenvalue weighted by molar-refractivity contribution is 6.33. The lowest BCUT2D eigenvalue weighted by Gasteiger charge is -2.14. The van der Waals surface area contributed by atoms with E-state index in [0.717, 1.165) is 19.3 Å². The molecule has 0 heterocycles. The smallest absolute Gasteiger partial charge is 0.344 e. The maximum Gasteiger partial charge on any atom is 0.344 e. The summed E-state index contributed by atoms with van der Waals surface area (Å²) in [5.74, 6) is -0.733. The highest BCUT2D eigenvalue weighted by Gasteiger charge is 2.19. The zero-order chi connectivity index (χ0) is 19.8. The molecule has 0 spiro atoms. The predicted molar refractivity (Wildman–Crippen MR) is 107 cm³/mol. The molecule has 0 radical (unpaired) electrons. The quantitative estimate of drug-likeness (QED) is 0.304. The summed E-state index contributed by atoms with van der Waals surface area (Å²) in [6.07, 6.45) is 10.3. The number of carbonyl (C=O) groups is 2. The number of hydrogen-bond acceptors (Lipinski definition) is 4. The third-order valence-corrected chi connectivity index (χ3v) is 4.58. The van der Waals surface area contributed by atoms with Gasteiger partial charge in [0, 0.05) is 6.07 Å². The van der Waals surface area contributed by atoms with E-state index in [9.17, 15) is 9.59 Å². The Bertz CT molecular complexity index is 777. The van der Waals surface area contributed by atoms with Gasteiger partial charge in [0.15, 0.2) is 0 Å². The second kappa shape index (κ2) is 10.1. The van der Waals surface area contributed by atoms with Gasteiger partial charge in [-0.25, -0.2) is 9.59 Å². The average molecular weight is 389 g/mol. The van der Waals surface area contributed by atoms with E-state index in [-0.39, 0.29) is 22.4 Å². The SMILES string of the molecule is C=C1C=CC=C1C(=O)Oc1ccc(C(=O)OC(C)CCCCCC)c(Cl)c1. The topological polar surface area (TPSA) is 52.6 Å². The van der Waals surface area contributed by atoms with Crippen molar-refractivity contribution in [2.24, 2.45) is 0 Å². The Balaban J connectivity index is 1.92. The van der Waals surface area contributed by atoms with Crippen LogP contribution < -0.4 is 4.74 Å². The number of rotatable bonds is 9. The molecule has 0 fully saturated rings. The van der Waals surface area contributed by atoms with E-state index < -0.39 is 11.9 Å². The fourth-order valence-electron chi connectivity index (χ4n) is 2.71. The number of ether oxygens (including phenoxy) is 2. The van der Waals surface area contributed by atoms with E-state index in [2.05, 4.69) is 13.5 Å². The second-order valence-corrected chi connectivity index (χ2v) is 6.97. The van der Waals surface area contributed by atoms with Crippen molar-refractivity contribution in [3.05, 3.63) is 64.7 Å². The summed E-state index contributed by atoms with van der Waals surface area (Å²) < 4.78 is 10.8. The van der Waals surface area contributed by atoms with Crippen LogP contribution in [0.2, 0.25) is 5.02 Å². The molecule has 0 saturated heterocycles. The van der Waals surface area contributed by atoms with Crippen molar-refractivity contribution in [3.63, 3.8) is 0 Å². The van der Waals surface area contributed by atoms with Gasteiger partial charge in [0.2, 0.25) is 0 Å². The van der Waals surface area contributed by atoms with Gasteiger partial charge >= 0.3 is 11.9 Å². The van der Waals surface area contributed by atoms with E-state index >= 15 is 0 Å². The largest absolute Gasteiger partial charge is 0.459 e. The molecule has 1 atom stereocenters. The van der Waals surface area contributed by atoms with Crippen LogP contribution in [-0.2, 0) is 9.53 Å². The lowest BCUT2D eigenvalue weighted by Crippen LogP contribution is -2.16. The van der Waals surface area contributed by atoms with Crippen LogP contribution >= 0.6 is 11.6 Å². The fraction of sp³-hybridized carbons (Fsp3) is 0.364. The lowest BCUT2D eigenvalue weighted by atomic mass is 10.1. The van der Waals surface area contributed by atoms with Gasteiger partial charge < -0.3 is 9.47 Å². The molecular formula is C22H25ClO4. The highest BCUT2D eigenvalue weighted by atomic mass is 35.5. The molecular weight excluding hydrogens is 364 g/mol. The molecule has 0 aromatic heterocycles. The standard InChI is InChI=1S/C22H25ClO4/c1-4-5-6-7-10-16(3)26-22(25)19-13-12-17(14-20(19)23)27-21(24)18-11-8-9-15(18)2/h8-9,11-14,16H,2,4-7,10H2,1,3H3. The van der Waals surface area contributed by atoms with Crippen molar-refractivity contribution < 1.29 is 19.1 Å². The Morgan fingerprint density at radius 3 is 2.59 bits per heavy atom. The van der Waals surface area contributed by atoms with Crippen molar-refractivity contribution in [1.82, 2.24) is 0 Å². The third-order valence-electron chi connectivity index (χ3n) is 4.27. The van der Waals surface area contributed by atoms with Crippen LogP contribution in [0.25, 0.3) is 0 Å². The first-order valence-corrected chi connectivity index (χ1v) is 9.60. The fourth-order valence-corrected chi connectivity index (χ4v) is 2.95. The first-order valence-electron chi connectivity index (χ1n) is 9.22. The Morgan fingerprint density at radius 1 is 1.19 bits per heavy atom. The summed E-state index contributed by atoms with van der Waals surface area (Å²) in [7, 11) is 0. The summed E-state index contributed by atoms with van der Waals surface area (Å²) in [6, 6.07) is 4.47. The molecule has 0 aliphatic heterocycles. The number of allylic oxidation sites excluding steroid dienone is 3. The molecule has 1 aliphatic carbocycles. The number of unbranched alkanes of at least 4 members (excludes halogenated alkanes) is 3. The first kappa shape index (κ1) is 21.0. The minimum atomic E-state index is -0.517. The summed E-state index contributed by atoms with van der Waals surface area (Å²) in [4.78, 5) is 24.4. The van der Waals surface area contributed by atoms with Gasteiger partial charge in [-0.3, -0.25) is 0 Å². The molecule has 1 aromatic carbocycles. The molecule has 0 N–H and O–H groups in total. The monoisotopic (exact) mass is 388 g/mol. The Morgan fingerprint density at radius 2 is 1.96 bits per heavy atom. The molecule has 0 bridgehead atoms. The highest BCUT2D eigenvalue weighted by Crippen LogP contribution is 2.26. The maximum absolute atomic E-state index is 12.3. The van der Waals surface area contributed by atoms with E-state index in [0.29, 0.717) is 11.1 Å². The van der Waals surface area contributed by atoms with Gasteiger partial charge in [-0.05, 0) is 43.5 Å². The van der Waals surface area contributed by atoms with Gasteiger partial charge in [0.25, 0.3) is 0 Å². The molecule has 5 heteroatoms. The number of carbonyl (C=O) groups excluding carboxylic acids is 2. The number of benzene rings is 1. The Hall–Kier alpha value is -2.33. The molecule has 1 unspecified atom stereocenters. The van der Waals surface area contributed by atoms with Crippen LogP contribution in [0.3, 0.4) is 0 Å². The summed E-state index contributed by atoms with van der Waals surface area (Å²) in [6.45, 7) is 7.81. The van der Waals surface area contributed by atoms with Gasteiger partial charge in [0.05, 0.1) is 22.3 Å². The normalized spacial score (nSPS) is 14.0. The van der Waals surface area contributed by atoms with Crippen molar-refractivity contribution in [1.29, 1.82) is 0 Å². The van der Waals surface area contributed by atoms with Crippen LogP contribution in [0.1, 0.15) is 56.3 Å². The molecule has 1 aromatic rings. The van der Waals surface area contributed by atoms with Crippen LogP contribution in [0, 0.1) is 0 Å². The van der Waals surface area contributed by atoms with E-state index in [1.54, 1.807) is 18.2 Å². The lowest BCUT2D eigenvalue weighted by molar-refractivity contribution is -0.129. The molecule has 27 heavy (non-hydrogen) atoms. The summed E-state index contributed by atoms with van der Waals surface area (Å²) in [5, 5.41) is 0.181. The third kappa shape index (κ3) is 6.10. The Kier molecular flexibility index (Phi) is 7.86. The minimum absolute atomic E-state index is 0.171. The molecule has 1 aliphatic rings. The molecule has 144 valence electrons. The van der Waals surface area contributed by atoms with Gasteiger partial charge in [-0.15, -0.1) is 0 Å². The van der Waals surface area contributed by atoms with Gasteiger partial charge in [-0.2, -0.15) is 0 Å². The molecule has 0 amide bonds. The van der Waals surface area contributed by atoms with Crippen LogP contribution in [0.5, 0.6) is 5.75 Å². The summed E-state index contributed by atoms with van der Waals surface area (Å²) in [5.41, 5.74) is 1.24. The van der Waals surface area contributed by atoms with E-state index in [1.165, 1.54) is 31.0 Å². The van der Waals surface area contributed by atoms with E-state index in [1.807, 2.05) is 6.92 Å². The van der Waals surface area contributed by atoms with Crippen LogP contribution in [0.15, 0.2) is 54.2 Å². The first-order chi connectivity index (χ1) is 12.9. The summed E-state index contributed by atoms with van der Waals surface area (Å²) >= 11 is 6.19. The zero-order valence-corrected chi connectivity index (χ0v) is 16.6. The van der Waals surface area contributed by atoms with Crippen LogP contribution in [-0.4, -0.2) is 18.0 Å². The minimum Gasteiger partial charge on any atom is -0.459 e. The Labute approximate surface area is 165 Å². The zero-order valence-electron chi connectivity index (χ0n) is 15.8. The number of esters is 2. The number of hydrogen-bond donors (Lipinski definition) is 0. The molecule has 2 rings (SSSR count). The van der Waals surface area contributed by atoms with Crippen molar-refractivity contribution in [2.45, 2.75) is 52.1 Å². The van der Waals surface area contributed by atoms with Gasteiger partial charge in [-0.1, -0.05) is 56.5 Å². The van der Waals surface area contributed by atoms with Crippen molar-refractivity contribution in [3.8, 4) is 5.75 Å². The number of halogens is 1. The average Bonchev–Trinajstić information content (AvgIpc) is 3.05. The van der Waals surface area contributed by atoms with Crippen molar-refractivity contribution in [2.75, 3.05) is 0 Å². The van der Waals surface area contributed by atoms with Crippen LogP contribution in [0.4, 0.5) is 0 Å². The second-order valence-electron chi connectivity index (χ2n) is 6.56. The van der Waals surface area contributed by atoms with Gasteiger partial charge in [0.1, 0.15) is 5.75 Å². The maximum atomic E-state index is 12.3. The molecule has 4 nitrogen and oxygen atoms in total. The van der Waals surface area contributed by atoms with E-state index in [4.69, 9.17) is 21.1 Å². The van der Waals surface area contributed by atoms with Crippen molar-refractivity contribution >= 4 is 23.5 Å². The predicted octanol–water partition coefficient (Wildman–Crippen LogP) is 5.81. The molecule has 0 saturated carbocycles.